The van der Waals surface area contributed by atoms with Gasteiger partial charge in [-0.2, -0.15) is 0 Å². The number of rotatable bonds is 3. The van der Waals surface area contributed by atoms with E-state index >= 15 is 0 Å². The van der Waals surface area contributed by atoms with E-state index in [1.54, 1.807) is 13.2 Å². The van der Waals surface area contributed by atoms with Gasteiger partial charge in [-0.1, -0.05) is 0 Å². The monoisotopic (exact) mass is 276 g/mol. The van der Waals surface area contributed by atoms with E-state index in [0.29, 0.717) is 25.2 Å². The quantitative estimate of drug-likeness (QED) is 0.837. The molecule has 1 aromatic rings. The molecule has 20 heavy (non-hydrogen) atoms. The van der Waals surface area contributed by atoms with E-state index in [1.165, 1.54) is 0 Å². The fraction of sp³-hybridized carbons (Fsp3) is 0.500. The molecular formula is C14H20N4O2. The second kappa shape index (κ2) is 6.47. The molecule has 6 nitrogen and oxygen atoms in total. The van der Waals surface area contributed by atoms with Crippen molar-refractivity contribution in [2.24, 2.45) is 0 Å². The molecule has 0 atom stereocenters. The van der Waals surface area contributed by atoms with Crippen molar-refractivity contribution in [2.45, 2.75) is 6.92 Å². The van der Waals surface area contributed by atoms with Crippen molar-refractivity contribution in [2.75, 3.05) is 39.8 Å². The Hall–Kier alpha value is -1.95. The molecule has 1 aliphatic rings. The Labute approximate surface area is 118 Å². The van der Waals surface area contributed by atoms with E-state index in [2.05, 4.69) is 15.2 Å². The van der Waals surface area contributed by atoms with E-state index in [-0.39, 0.29) is 11.8 Å². The number of nitrogens with zero attached hydrogens (tertiary/aromatic N) is 3. The SMILES string of the molecule is CNC(=O)CN1CCN(C(=O)c2ccc(C)nc2)CC1. The van der Waals surface area contributed by atoms with Gasteiger partial charge in [0.05, 0.1) is 12.1 Å². The largest absolute Gasteiger partial charge is 0.358 e. The smallest absolute Gasteiger partial charge is 0.255 e. The van der Waals surface area contributed by atoms with Crippen LogP contribution in [0.1, 0.15) is 16.1 Å². The van der Waals surface area contributed by atoms with Crippen molar-refractivity contribution in [3.63, 3.8) is 0 Å². The molecule has 6 heteroatoms. The van der Waals surface area contributed by atoms with Crippen molar-refractivity contribution in [3.8, 4) is 0 Å². The molecule has 1 fully saturated rings. The number of aryl methyl sites for hydroxylation is 1. The first-order valence-electron chi connectivity index (χ1n) is 6.75. The molecule has 0 bridgehead atoms. The molecular weight excluding hydrogens is 256 g/mol. The molecule has 0 saturated carbocycles. The topological polar surface area (TPSA) is 65.5 Å². The molecule has 108 valence electrons. The first-order chi connectivity index (χ1) is 9.60. The summed E-state index contributed by atoms with van der Waals surface area (Å²) in [5.41, 5.74) is 1.52. The number of carbonyl (C=O) groups excluding carboxylic acids is 2. The van der Waals surface area contributed by atoms with Crippen molar-refractivity contribution >= 4 is 11.8 Å². The maximum atomic E-state index is 12.3. The van der Waals surface area contributed by atoms with Gasteiger partial charge in [0.15, 0.2) is 0 Å². The molecule has 2 rings (SSSR count). The molecule has 1 saturated heterocycles. The molecule has 0 unspecified atom stereocenters. The maximum Gasteiger partial charge on any atom is 0.255 e. The first-order valence-corrected chi connectivity index (χ1v) is 6.75. The van der Waals surface area contributed by atoms with Crippen LogP contribution < -0.4 is 5.32 Å². The number of aromatic nitrogens is 1. The summed E-state index contributed by atoms with van der Waals surface area (Å²) in [5.74, 6) is 0.0182. The van der Waals surface area contributed by atoms with Crippen molar-refractivity contribution in [3.05, 3.63) is 29.6 Å². The Kier molecular flexibility index (Phi) is 4.68. The summed E-state index contributed by atoms with van der Waals surface area (Å²) in [6, 6.07) is 3.65. The highest BCUT2D eigenvalue weighted by atomic mass is 16.2. The fourth-order valence-electron chi connectivity index (χ4n) is 2.17. The van der Waals surface area contributed by atoms with Crippen LogP contribution in [0, 0.1) is 6.92 Å². The number of hydrogen-bond acceptors (Lipinski definition) is 4. The zero-order valence-electron chi connectivity index (χ0n) is 11.9. The third-order valence-corrected chi connectivity index (χ3v) is 3.46. The predicted octanol–water partition coefficient (Wildman–Crippen LogP) is -0.106. The van der Waals surface area contributed by atoms with Gasteiger partial charge in [-0.05, 0) is 19.1 Å². The third-order valence-electron chi connectivity index (χ3n) is 3.46. The molecule has 0 aromatic carbocycles. The van der Waals surface area contributed by atoms with Crippen LogP contribution in [-0.2, 0) is 4.79 Å². The summed E-state index contributed by atoms with van der Waals surface area (Å²) >= 11 is 0. The molecule has 2 amide bonds. The lowest BCUT2D eigenvalue weighted by Gasteiger charge is -2.34. The van der Waals surface area contributed by atoms with Gasteiger partial charge in [0.1, 0.15) is 0 Å². The Bertz CT molecular complexity index is 478. The summed E-state index contributed by atoms with van der Waals surface area (Å²) in [6.07, 6.45) is 1.62. The van der Waals surface area contributed by atoms with Crippen LogP contribution in [0.15, 0.2) is 18.3 Å². The third kappa shape index (κ3) is 3.54. The minimum Gasteiger partial charge on any atom is -0.358 e. The number of likely N-dealkylation sites (N-methyl/N-ethyl adjacent to an activating group) is 1. The van der Waals surface area contributed by atoms with Crippen LogP contribution >= 0.6 is 0 Å². The first kappa shape index (κ1) is 14.5. The van der Waals surface area contributed by atoms with Crippen LogP contribution in [0.3, 0.4) is 0 Å². The number of hydrogen-bond donors (Lipinski definition) is 1. The van der Waals surface area contributed by atoms with E-state index < -0.39 is 0 Å². The minimum absolute atomic E-state index is 0.00695. The second-order valence-corrected chi connectivity index (χ2v) is 4.93. The predicted molar refractivity (Wildman–Crippen MR) is 75.4 cm³/mol. The molecule has 1 N–H and O–H groups in total. The maximum absolute atomic E-state index is 12.3. The number of piperazine rings is 1. The lowest BCUT2D eigenvalue weighted by atomic mass is 10.2. The van der Waals surface area contributed by atoms with Crippen LogP contribution in [0.5, 0.6) is 0 Å². The summed E-state index contributed by atoms with van der Waals surface area (Å²) < 4.78 is 0. The van der Waals surface area contributed by atoms with Gasteiger partial charge in [-0.3, -0.25) is 19.5 Å². The molecule has 1 aliphatic heterocycles. The van der Waals surface area contributed by atoms with Crippen molar-refractivity contribution in [1.29, 1.82) is 0 Å². The molecule has 2 heterocycles. The van der Waals surface area contributed by atoms with Crippen LogP contribution in [0.25, 0.3) is 0 Å². The minimum atomic E-state index is 0.00695. The highest BCUT2D eigenvalue weighted by Crippen LogP contribution is 2.08. The number of amides is 2. The van der Waals surface area contributed by atoms with E-state index in [1.807, 2.05) is 24.0 Å². The van der Waals surface area contributed by atoms with Gasteiger partial charge in [0.2, 0.25) is 5.91 Å². The Morgan fingerprint density at radius 2 is 1.95 bits per heavy atom. The summed E-state index contributed by atoms with van der Waals surface area (Å²) in [4.78, 5) is 31.6. The highest BCUT2D eigenvalue weighted by molar-refractivity contribution is 5.94. The molecule has 0 spiro atoms. The molecule has 0 aliphatic carbocycles. The number of nitrogens with one attached hydrogen (secondary N) is 1. The van der Waals surface area contributed by atoms with Gasteiger partial charge < -0.3 is 10.2 Å². The molecule has 1 aromatic heterocycles. The van der Waals surface area contributed by atoms with E-state index in [4.69, 9.17) is 0 Å². The summed E-state index contributed by atoms with van der Waals surface area (Å²) in [6.45, 7) is 5.01. The van der Waals surface area contributed by atoms with Crippen LogP contribution in [0.4, 0.5) is 0 Å². The zero-order chi connectivity index (χ0) is 14.5. The lowest BCUT2D eigenvalue weighted by molar-refractivity contribution is -0.122. The average molecular weight is 276 g/mol. The van der Waals surface area contributed by atoms with Gasteiger partial charge >= 0.3 is 0 Å². The van der Waals surface area contributed by atoms with Gasteiger partial charge in [0.25, 0.3) is 5.91 Å². The highest BCUT2D eigenvalue weighted by Gasteiger charge is 2.23. The summed E-state index contributed by atoms with van der Waals surface area (Å²) in [5, 5.41) is 2.61. The molecule has 0 radical (unpaired) electrons. The van der Waals surface area contributed by atoms with Crippen molar-refractivity contribution in [1.82, 2.24) is 20.1 Å². The average Bonchev–Trinajstić information content (AvgIpc) is 2.48. The Morgan fingerprint density at radius 1 is 1.25 bits per heavy atom. The zero-order valence-corrected chi connectivity index (χ0v) is 11.9. The van der Waals surface area contributed by atoms with Gasteiger partial charge in [-0.25, -0.2) is 0 Å². The summed E-state index contributed by atoms with van der Waals surface area (Å²) in [7, 11) is 1.63. The standard InChI is InChI=1S/C14H20N4O2/c1-11-3-4-12(9-16-11)14(20)18-7-5-17(6-8-18)10-13(19)15-2/h3-4,9H,5-8,10H2,1-2H3,(H,15,19). The van der Waals surface area contributed by atoms with Gasteiger partial charge in [-0.15, -0.1) is 0 Å². The fourth-order valence-corrected chi connectivity index (χ4v) is 2.17. The van der Waals surface area contributed by atoms with Crippen molar-refractivity contribution < 1.29 is 9.59 Å². The number of pyridine rings is 1. The second-order valence-electron chi connectivity index (χ2n) is 4.93. The van der Waals surface area contributed by atoms with Gasteiger partial charge in [0, 0.05) is 45.1 Å². The lowest BCUT2D eigenvalue weighted by Crippen LogP contribution is -2.50. The number of carbonyl (C=O) groups is 2. The normalized spacial score (nSPS) is 16.0. The Balaban J connectivity index is 1.88. The van der Waals surface area contributed by atoms with Crippen LogP contribution in [0.2, 0.25) is 0 Å². The Morgan fingerprint density at radius 3 is 2.50 bits per heavy atom. The van der Waals surface area contributed by atoms with E-state index in [9.17, 15) is 9.59 Å². The van der Waals surface area contributed by atoms with E-state index in [0.717, 1.165) is 18.8 Å². The van der Waals surface area contributed by atoms with Crippen LogP contribution in [-0.4, -0.2) is 66.4 Å².